The monoisotopic (exact) mass is 186 g/mol. The minimum Gasteiger partial charge on any atom is -0.330 e. The molecular weight excluding hydrogens is 172 g/mol. The quantitative estimate of drug-likeness (QED) is 0.608. The molecule has 2 heteroatoms. The van der Waals surface area contributed by atoms with Crippen LogP contribution in [-0.4, -0.2) is 12.4 Å². The fourth-order valence-electron chi connectivity index (χ4n) is 2.33. The van der Waals surface area contributed by atoms with Gasteiger partial charge in [-0.05, 0) is 24.5 Å². The molecule has 1 aromatic carbocycles. The average molecular weight is 186 g/mol. The van der Waals surface area contributed by atoms with Crippen molar-refractivity contribution in [2.24, 2.45) is 4.99 Å². The van der Waals surface area contributed by atoms with Crippen LogP contribution in [0.15, 0.2) is 29.3 Å². The standard InChI is InChI=1S/C12H14N2/c1-2-6-11-10(5-1)9-13-12-7-3-4-8-14(11)12/h1-2,5-6H,3-4,7-9H2. The van der Waals surface area contributed by atoms with E-state index in [1.807, 2.05) is 0 Å². The molecule has 0 unspecified atom stereocenters. The normalized spacial score (nSPS) is 19.7. The molecule has 2 aliphatic heterocycles. The summed E-state index contributed by atoms with van der Waals surface area (Å²) in [6.45, 7) is 2.03. The van der Waals surface area contributed by atoms with Gasteiger partial charge in [-0.3, -0.25) is 4.99 Å². The lowest BCUT2D eigenvalue weighted by atomic mass is 10.0. The van der Waals surface area contributed by atoms with Crippen LogP contribution in [-0.2, 0) is 6.54 Å². The number of hydrogen-bond donors (Lipinski definition) is 0. The van der Waals surface area contributed by atoms with Gasteiger partial charge < -0.3 is 4.90 Å². The Hall–Kier alpha value is -1.31. The molecule has 14 heavy (non-hydrogen) atoms. The first kappa shape index (κ1) is 8.04. The molecule has 0 aromatic heterocycles. The number of benzene rings is 1. The highest BCUT2D eigenvalue weighted by molar-refractivity contribution is 6.00. The highest BCUT2D eigenvalue weighted by atomic mass is 15.2. The topological polar surface area (TPSA) is 15.6 Å². The first-order chi connectivity index (χ1) is 6.95. The van der Waals surface area contributed by atoms with Gasteiger partial charge in [0, 0.05) is 18.7 Å². The Morgan fingerprint density at radius 1 is 1.14 bits per heavy atom. The van der Waals surface area contributed by atoms with Crippen molar-refractivity contribution in [2.75, 3.05) is 11.4 Å². The fourth-order valence-corrected chi connectivity index (χ4v) is 2.33. The zero-order valence-corrected chi connectivity index (χ0v) is 8.24. The fraction of sp³-hybridized carbons (Fsp3) is 0.417. The predicted molar refractivity (Wildman–Crippen MR) is 58.8 cm³/mol. The first-order valence-electron chi connectivity index (χ1n) is 5.34. The summed E-state index contributed by atoms with van der Waals surface area (Å²) in [5, 5.41) is 0. The van der Waals surface area contributed by atoms with Crippen LogP contribution in [0.1, 0.15) is 24.8 Å². The summed E-state index contributed by atoms with van der Waals surface area (Å²) in [4.78, 5) is 7.03. The molecule has 0 radical (unpaired) electrons. The molecule has 2 nitrogen and oxygen atoms in total. The van der Waals surface area contributed by atoms with E-state index in [0.29, 0.717) is 0 Å². The van der Waals surface area contributed by atoms with E-state index in [9.17, 15) is 0 Å². The Balaban J connectivity index is 2.05. The van der Waals surface area contributed by atoms with Crippen molar-refractivity contribution >= 4 is 11.5 Å². The number of piperidine rings is 1. The highest BCUT2D eigenvalue weighted by Gasteiger charge is 2.22. The van der Waals surface area contributed by atoms with Crippen molar-refractivity contribution in [1.82, 2.24) is 0 Å². The van der Waals surface area contributed by atoms with Crippen LogP contribution in [0.3, 0.4) is 0 Å². The van der Waals surface area contributed by atoms with Crippen LogP contribution in [0, 0.1) is 0 Å². The van der Waals surface area contributed by atoms with Gasteiger partial charge in [-0.25, -0.2) is 0 Å². The molecule has 0 spiro atoms. The Labute approximate surface area is 84.3 Å². The second-order valence-corrected chi connectivity index (χ2v) is 3.97. The highest BCUT2D eigenvalue weighted by Crippen LogP contribution is 2.29. The average Bonchev–Trinajstić information content (AvgIpc) is 2.29. The molecule has 3 rings (SSSR count). The third-order valence-electron chi connectivity index (χ3n) is 3.06. The lowest BCUT2D eigenvalue weighted by molar-refractivity contribution is 0.696. The molecule has 1 aromatic rings. The third-order valence-corrected chi connectivity index (χ3v) is 3.06. The van der Waals surface area contributed by atoms with Gasteiger partial charge in [-0.15, -0.1) is 0 Å². The predicted octanol–water partition coefficient (Wildman–Crippen LogP) is 2.59. The van der Waals surface area contributed by atoms with E-state index in [1.54, 1.807) is 0 Å². The smallest absolute Gasteiger partial charge is 0.104 e. The molecule has 0 amide bonds. The molecular formula is C12H14N2. The number of amidine groups is 1. The van der Waals surface area contributed by atoms with E-state index in [4.69, 9.17) is 0 Å². The number of rotatable bonds is 0. The van der Waals surface area contributed by atoms with Crippen LogP contribution in [0.5, 0.6) is 0 Å². The SMILES string of the molecule is c1ccc2c(c1)CN=C1CCCCN12. The van der Waals surface area contributed by atoms with E-state index < -0.39 is 0 Å². The number of nitrogens with zero attached hydrogens (tertiary/aromatic N) is 2. The molecule has 0 bridgehead atoms. The van der Waals surface area contributed by atoms with Crippen molar-refractivity contribution < 1.29 is 0 Å². The number of hydrogen-bond acceptors (Lipinski definition) is 2. The van der Waals surface area contributed by atoms with E-state index in [1.165, 1.54) is 29.9 Å². The van der Waals surface area contributed by atoms with Gasteiger partial charge in [0.05, 0.1) is 6.54 Å². The van der Waals surface area contributed by atoms with Crippen molar-refractivity contribution in [3.63, 3.8) is 0 Å². The van der Waals surface area contributed by atoms with Gasteiger partial charge in [0.2, 0.25) is 0 Å². The van der Waals surface area contributed by atoms with E-state index in [2.05, 4.69) is 34.2 Å². The van der Waals surface area contributed by atoms with Crippen LogP contribution < -0.4 is 4.90 Å². The number of anilines is 1. The summed E-state index contributed by atoms with van der Waals surface area (Å²) < 4.78 is 0. The molecule has 0 saturated carbocycles. The summed E-state index contributed by atoms with van der Waals surface area (Å²) in [5.41, 5.74) is 2.76. The van der Waals surface area contributed by atoms with Crippen LogP contribution >= 0.6 is 0 Å². The Morgan fingerprint density at radius 3 is 3.07 bits per heavy atom. The molecule has 72 valence electrons. The number of fused-ring (bicyclic) bond motifs is 3. The van der Waals surface area contributed by atoms with Crippen LogP contribution in [0.25, 0.3) is 0 Å². The van der Waals surface area contributed by atoms with Gasteiger partial charge in [0.25, 0.3) is 0 Å². The zero-order valence-electron chi connectivity index (χ0n) is 8.24. The van der Waals surface area contributed by atoms with Crippen LogP contribution in [0.2, 0.25) is 0 Å². The maximum Gasteiger partial charge on any atom is 0.104 e. The Kier molecular flexibility index (Phi) is 1.79. The Morgan fingerprint density at radius 2 is 2.07 bits per heavy atom. The van der Waals surface area contributed by atoms with Gasteiger partial charge >= 0.3 is 0 Å². The molecule has 1 saturated heterocycles. The molecule has 0 aliphatic carbocycles. The lowest BCUT2D eigenvalue weighted by Gasteiger charge is -2.34. The summed E-state index contributed by atoms with van der Waals surface area (Å²) in [5.74, 6) is 1.30. The molecule has 0 N–H and O–H groups in total. The summed E-state index contributed by atoms with van der Waals surface area (Å²) in [6.07, 6.45) is 3.76. The summed E-state index contributed by atoms with van der Waals surface area (Å²) >= 11 is 0. The van der Waals surface area contributed by atoms with E-state index in [-0.39, 0.29) is 0 Å². The minimum atomic E-state index is 0.877. The largest absolute Gasteiger partial charge is 0.330 e. The zero-order chi connectivity index (χ0) is 9.38. The third kappa shape index (κ3) is 1.14. The van der Waals surface area contributed by atoms with Gasteiger partial charge in [0.15, 0.2) is 0 Å². The van der Waals surface area contributed by atoms with Crippen molar-refractivity contribution in [3.05, 3.63) is 29.8 Å². The molecule has 2 aliphatic rings. The van der Waals surface area contributed by atoms with Crippen molar-refractivity contribution in [3.8, 4) is 0 Å². The van der Waals surface area contributed by atoms with Crippen molar-refractivity contribution in [2.45, 2.75) is 25.8 Å². The van der Waals surface area contributed by atoms with E-state index in [0.717, 1.165) is 19.5 Å². The Bertz CT molecular complexity index is 382. The number of aliphatic imine (C=N–C) groups is 1. The first-order valence-corrected chi connectivity index (χ1v) is 5.34. The minimum absolute atomic E-state index is 0.877. The second-order valence-electron chi connectivity index (χ2n) is 3.97. The van der Waals surface area contributed by atoms with Gasteiger partial charge in [0.1, 0.15) is 5.84 Å². The number of para-hydroxylation sites is 1. The summed E-state index contributed by atoms with van der Waals surface area (Å²) in [6, 6.07) is 8.62. The van der Waals surface area contributed by atoms with E-state index >= 15 is 0 Å². The van der Waals surface area contributed by atoms with Crippen molar-refractivity contribution in [1.29, 1.82) is 0 Å². The van der Waals surface area contributed by atoms with Gasteiger partial charge in [-0.2, -0.15) is 0 Å². The van der Waals surface area contributed by atoms with Crippen LogP contribution in [0.4, 0.5) is 5.69 Å². The second kappa shape index (κ2) is 3.12. The maximum absolute atomic E-state index is 4.64. The molecule has 2 heterocycles. The maximum atomic E-state index is 4.64. The molecule has 0 atom stereocenters. The lowest BCUT2D eigenvalue weighted by Crippen LogP contribution is -2.38. The summed E-state index contributed by atoms with van der Waals surface area (Å²) in [7, 11) is 0. The molecule has 1 fully saturated rings. The van der Waals surface area contributed by atoms with Gasteiger partial charge in [-0.1, -0.05) is 18.2 Å².